The predicted octanol–water partition coefficient (Wildman–Crippen LogP) is 8.89. The summed E-state index contributed by atoms with van der Waals surface area (Å²) in [5.74, 6) is 5.12. The molecule has 1 heterocycles. The molecule has 1 amide bonds. The summed E-state index contributed by atoms with van der Waals surface area (Å²) in [6.45, 7) is 13.1. The molecule has 0 radical (unpaired) electrons. The second kappa shape index (κ2) is 16.1. The van der Waals surface area contributed by atoms with Gasteiger partial charge in [-0.3, -0.25) is 9.59 Å². The van der Waals surface area contributed by atoms with Gasteiger partial charge in [0.1, 0.15) is 6.10 Å². The van der Waals surface area contributed by atoms with Crippen LogP contribution in [0.3, 0.4) is 0 Å². The van der Waals surface area contributed by atoms with Crippen LogP contribution in [0.1, 0.15) is 150 Å². The van der Waals surface area contributed by atoms with Crippen molar-refractivity contribution in [3.05, 3.63) is 11.6 Å². The molecule has 268 valence electrons. The Balaban J connectivity index is 1.03. The fourth-order valence-corrected chi connectivity index (χ4v) is 11.6. The largest absolute Gasteiger partial charge is 0.462 e. The van der Waals surface area contributed by atoms with E-state index < -0.39 is 0 Å². The van der Waals surface area contributed by atoms with Gasteiger partial charge >= 0.3 is 5.97 Å². The van der Waals surface area contributed by atoms with Crippen LogP contribution in [0.2, 0.25) is 0 Å². The normalized spacial score (nSPS) is 37.2. The summed E-state index contributed by atoms with van der Waals surface area (Å²) in [5, 5.41) is 9.62. The van der Waals surface area contributed by atoms with Crippen LogP contribution in [0.15, 0.2) is 11.6 Å². The molecule has 6 heteroatoms. The molecule has 4 fully saturated rings. The highest BCUT2D eigenvalue weighted by Gasteiger charge is 2.59. The second-order valence-corrected chi connectivity index (χ2v) is 17.5. The molecule has 47 heavy (non-hydrogen) atoms. The molecular weight excluding hydrogens is 586 g/mol. The van der Waals surface area contributed by atoms with Gasteiger partial charge in [-0.05, 0) is 111 Å². The molecule has 0 aromatic carbocycles. The van der Waals surface area contributed by atoms with Gasteiger partial charge in [-0.25, -0.2) is 0 Å². The Hall–Kier alpha value is -1.40. The van der Waals surface area contributed by atoms with Crippen molar-refractivity contribution in [2.45, 2.75) is 168 Å². The fourth-order valence-electron chi connectivity index (χ4n) is 11.6. The van der Waals surface area contributed by atoms with E-state index in [1.165, 1.54) is 51.4 Å². The van der Waals surface area contributed by atoms with Gasteiger partial charge in [-0.15, -0.1) is 0 Å². The van der Waals surface area contributed by atoms with Gasteiger partial charge in [-0.2, -0.15) is 0 Å². The third kappa shape index (κ3) is 8.16. The molecule has 1 N–H and O–H groups in total. The Bertz CT molecular complexity index is 1090. The molecule has 1 saturated heterocycles. The van der Waals surface area contributed by atoms with Crippen molar-refractivity contribution in [2.75, 3.05) is 20.3 Å². The lowest BCUT2D eigenvalue weighted by molar-refractivity contribution is -0.151. The van der Waals surface area contributed by atoms with Crippen LogP contribution in [0.4, 0.5) is 0 Å². The molecule has 0 aromatic heterocycles. The maximum atomic E-state index is 12.8. The number of methoxy groups -OCH3 is 1. The average molecular weight is 656 g/mol. The molecule has 6 nitrogen and oxygen atoms in total. The summed E-state index contributed by atoms with van der Waals surface area (Å²) in [7, 11) is 1.66. The van der Waals surface area contributed by atoms with Gasteiger partial charge < -0.3 is 19.5 Å². The first-order valence-electron chi connectivity index (χ1n) is 19.8. The summed E-state index contributed by atoms with van der Waals surface area (Å²) in [6.07, 6.45) is 22.0. The average Bonchev–Trinajstić information content (AvgIpc) is 3.63. The van der Waals surface area contributed by atoms with E-state index in [0.717, 1.165) is 80.5 Å². The number of unbranched alkanes of at least 4 members (excludes halogenated alkanes) is 3. The molecule has 5 aliphatic rings. The Morgan fingerprint density at radius 3 is 2.43 bits per heavy atom. The van der Waals surface area contributed by atoms with Crippen LogP contribution in [-0.4, -0.2) is 60.4 Å². The van der Waals surface area contributed by atoms with Crippen molar-refractivity contribution in [1.29, 1.82) is 0 Å². The number of nitrogens with zero attached hydrogens (tertiary/aromatic N) is 1. The van der Waals surface area contributed by atoms with Gasteiger partial charge in [0, 0.05) is 32.9 Å². The summed E-state index contributed by atoms with van der Waals surface area (Å²) in [4.78, 5) is 27.3. The number of fused-ring (bicyclic) bond motifs is 5. The Labute approximate surface area is 287 Å². The van der Waals surface area contributed by atoms with Crippen molar-refractivity contribution in [2.24, 2.45) is 46.3 Å². The van der Waals surface area contributed by atoms with Crippen molar-refractivity contribution < 1.29 is 24.2 Å². The summed E-state index contributed by atoms with van der Waals surface area (Å²) in [5.41, 5.74) is 2.39. The van der Waals surface area contributed by atoms with Crippen LogP contribution in [-0.2, 0) is 19.1 Å². The number of carbonyl (C=O) groups excluding carboxylic acids is 2. The number of rotatable bonds is 15. The van der Waals surface area contributed by atoms with Crippen molar-refractivity contribution >= 4 is 11.9 Å². The van der Waals surface area contributed by atoms with Crippen molar-refractivity contribution in [1.82, 2.24) is 4.90 Å². The number of esters is 1. The fraction of sp³-hybridized carbons (Fsp3) is 0.902. The Kier molecular flexibility index (Phi) is 12.6. The van der Waals surface area contributed by atoms with Gasteiger partial charge in [0.2, 0.25) is 5.91 Å². The molecule has 10 atom stereocenters. The maximum absolute atomic E-state index is 12.8. The second-order valence-electron chi connectivity index (χ2n) is 17.5. The molecule has 0 aromatic rings. The lowest BCUT2D eigenvalue weighted by Gasteiger charge is -2.58. The topological polar surface area (TPSA) is 76.1 Å². The summed E-state index contributed by atoms with van der Waals surface area (Å²) in [6, 6.07) is -0.123. The summed E-state index contributed by atoms with van der Waals surface area (Å²) < 4.78 is 11.5. The quantitative estimate of drug-likeness (QED) is 0.108. The van der Waals surface area contributed by atoms with Gasteiger partial charge in [0.15, 0.2) is 0 Å². The van der Waals surface area contributed by atoms with Crippen LogP contribution in [0.25, 0.3) is 0 Å². The predicted molar refractivity (Wildman–Crippen MR) is 189 cm³/mol. The third-order valence-corrected chi connectivity index (χ3v) is 14.3. The molecular formula is C41H69NO5. The molecule has 1 aliphatic heterocycles. The van der Waals surface area contributed by atoms with E-state index in [2.05, 4.69) is 40.7 Å². The number of aliphatic hydroxyl groups is 1. The lowest BCUT2D eigenvalue weighted by atomic mass is 9.47. The molecule has 4 aliphatic carbocycles. The van der Waals surface area contributed by atoms with Gasteiger partial charge in [0.25, 0.3) is 0 Å². The molecule has 0 spiro atoms. The number of hydrogen-bond donors (Lipinski definition) is 1. The number of likely N-dealkylation sites (tertiary alicyclic amines) is 1. The number of amides is 1. The standard InChI is InChI=1S/C41H69NO5/c1-28(2)12-11-13-29(3)35-18-19-36-34-17-16-30-24-32(20-22-40(30,4)37(34)21-23-41(35,36)5)47-39(45)15-10-8-7-9-14-38(44)42-26-33(46-6)25-31(42)27-43/h16,28-29,31-37,43H,7-15,17-27H2,1-6H3/t29-,31+,32+,33-,34?,35-,36?,37?,40+,41-/m1/s1. The first-order valence-corrected chi connectivity index (χ1v) is 19.8. The van der Waals surface area contributed by atoms with E-state index >= 15 is 0 Å². The number of hydrogen-bond acceptors (Lipinski definition) is 5. The third-order valence-electron chi connectivity index (χ3n) is 14.3. The van der Waals surface area contributed by atoms with E-state index in [4.69, 9.17) is 9.47 Å². The number of aliphatic hydroxyl groups excluding tert-OH is 1. The van der Waals surface area contributed by atoms with Crippen LogP contribution < -0.4 is 0 Å². The minimum atomic E-state index is -0.123. The minimum absolute atomic E-state index is 0.00900. The molecule has 3 saturated carbocycles. The van der Waals surface area contributed by atoms with Crippen molar-refractivity contribution in [3.63, 3.8) is 0 Å². The first kappa shape index (κ1) is 36.9. The number of ether oxygens (including phenoxy) is 2. The number of carbonyl (C=O) groups is 2. The highest BCUT2D eigenvalue weighted by Crippen LogP contribution is 2.67. The van der Waals surface area contributed by atoms with Crippen molar-refractivity contribution in [3.8, 4) is 0 Å². The Morgan fingerprint density at radius 1 is 0.936 bits per heavy atom. The zero-order valence-corrected chi connectivity index (χ0v) is 30.9. The molecule has 0 bridgehead atoms. The van der Waals surface area contributed by atoms with Gasteiger partial charge in [-0.1, -0.05) is 78.4 Å². The zero-order chi connectivity index (χ0) is 33.8. The van der Waals surface area contributed by atoms with E-state index in [-0.39, 0.29) is 42.1 Å². The van der Waals surface area contributed by atoms with Gasteiger partial charge in [0.05, 0.1) is 18.8 Å². The SMILES string of the molecule is CO[C@@H]1C[C@@H](CO)N(C(=O)CCCCCCC(=O)O[C@H]2CC[C@@]3(C)C(=CCC4C3CC[C@@]3(C)C4CC[C@@H]3[C@H](C)CCCC(C)C)C2)C1. The highest BCUT2D eigenvalue weighted by molar-refractivity contribution is 5.77. The van der Waals surface area contributed by atoms with Crippen LogP contribution >= 0.6 is 0 Å². The lowest BCUT2D eigenvalue weighted by Crippen LogP contribution is -2.51. The van der Waals surface area contributed by atoms with Crippen LogP contribution in [0.5, 0.6) is 0 Å². The molecule has 5 rings (SSSR count). The minimum Gasteiger partial charge on any atom is -0.462 e. The highest BCUT2D eigenvalue weighted by atomic mass is 16.5. The van der Waals surface area contributed by atoms with E-state index in [0.29, 0.717) is 31.2 Å². The van der Waals surface area contributed by atoms with E-state index in [1.54, 1.807) is 17.6 Å². The first-order chi connectivity index (χ1) is 22.5. The Morgan fingerprint density at radius 2 is 1.70 bits per heavy atom. The summed E-state index contributed by atoms with van der Waals surface area (Å²) >= 11 is 0. The van der Waals surface area contributed by atoms with Crippen LogP contribution in [0, 0.1) is 46.3 Å². The number of allylic oxidation sites excluding steroid dienone is 1. The zero-order valence-electron chi connectivity index (χ0n) is 30.9. The smallest absolute Gasteiger partial charge is 0.306 e. The van der Waals surface area contributed by atoms with E-state index in [9.17, 15) is 14.7 Å². The van der Waals surface area contributed by atoms with E-state index in [1.807, 2.05) is 0 Å². The molecule has 3 unspecified atom stereocenters. The maximum Gasteiger partial charge on any atom is 0.306 e. The monoisotopic (exact) mass is 656 g/mol.